The molecule has 2 aliphatic carbocycles. The van der Waals surface area contributed by atoms with Crippen molar-refractivity contribution in [2.75, 3.05) is 0 Å². The van der Waals surface area contributed by atoms with Gasteiger partial charge in [-0.3, -0.25) is 14.4 Å². The minimum Gasteiger partial charge on any atom is -0.462 e. The first-order chi connectivity index (χ1) is 10.3. The van der Waals surface area contributed by atoms with Crippen molar-refractivity contribution in [1.29, 1.82) is 0 Å². The molecule has 5 nitrogen and oxygen atoms in total. The zero-order valence-electron chi connectivity index (χ0n) is 13.4. The molecule has 0 bridgehead atoms. The maximum absolute atomic E-state index is 12.2. The van der Waals surface area contributed by atoms with Crippen LogP contribution in [0.3, 0.4) is 0 Å². The molecule has 2 fully saturated rings. The number of ether oxygens (including phenoxy) is 2. The number of carbonyl (C=O) groups excluding carboxylic acids is 3. The molecule has 0 aromatic carbocycles. The van der Waals surface area contributed by atoms with E-state index in [0.717, 1.165) is 11.1 Å². The Hall–Kier alpha value is -1.65. The minimum absolute atomic E-state index is 0.113. The summed E-state index contributed by atoms with van der Waals surface area (Å²) in [5.41, 5.74) is 1.89. The molecular formula is C17H22O5. The van der Waals surface area contributed by atoms with Gasteiger partial charge in [0.1, 0.15) is 12.2 Å². The molecule has 6 atom stereocenters. The van der Waals surface area contributed by atoms with Gasteiger partial charge in [0, 0.05) is 25.2 Å². The van der Waals surface area contributed by atoms with E-state index in [0.29, 0.717) is 12.8 Å². The van der Waals surface area contributed by atoms with E-state index in [1.165, 1.54) is 6.92 Å². The van der Waals surface area contributed by atoms with Gasteiger partial charge in [0.25, 0.3) is 0 Å². The maximum Gasteiger partial charge on any atom is 0.309 e. The molecule has 3 rings (SSSR count). The summed E-state index contributed by atoms with van der Waals surface area (Å²) in [6, 6.07) is 0. The summed E-state index contributed by atoms with van der Waals surface area (Å²) in [7, 11) is 0. The fraction of sp³-hybridized carbons (Fsp3) is 0.706. The zero-order valence-corrected chi connectivity index (χ0v) is 13.4. The molecule has 0 spiro atoms. The van der Waals surface area contributed by atoms with Crippen LogP contribution in [0.15, 0.2) is 11.1 Å². The van der Waals surface area contributed by atoms with Crippen LogP contribution in [0.2, 0.25) is 0 Å². The number of ketones is 1. The van der Waals surface area contributed by atoms with Gasteiger partial charge in [-0.2, -0.15) is 0 Å². The Balaban J connectivity index is 2.06. The summed E-state index contributed by atoms with van der Waals surface area (Å²) in [4.78, 5) is 35.7. The minimum atomic E-state index is -0.453. The third-order valence-corrected chi connectivity index (χ3v) is 5.50. The Morgan fingerprint density at radius 3 is 2.59 bits per heavy atom. The van der Waals surface area contributed by atoms with Crippen LogP contribution in [-0.4, -0.2) is 29.9 Å². The Kier molecular flexibility index (Phi) is 3.62. The third-order valence-electron chi connectivity index (χ3n) is 5.50. The van der Waals surface area contributed by atoms with Crippen LogP contribution in [-0.2, 0) is 23.9 Å². The van der Waals surface area contributed by atoms with Gasteiger partial charge < -0.3 is 9.47 Å². The largest absolute Gasteiger partial charge is 0.462 e. The Morgan fingerprint density at radius 1 is 1.27 bits per heavy atom. The average molecular weight is 306 g/mol. The Morgan fingerprint density at radius 2 is 1.95 bits per heavy atom. The normalized spacial score (nSPS) is 40.9. The van der Waals surface area contributed by atoms with Gasteiger partial charge in [-0.15, -0.1) is 0 Å². The number of hydrogen-bond donors (Lipinski definition) is 0. The maximum atomic E-state index is 12.2. The molecule has 1 saturated heterocycles. The van der Waals surface area contributed by atoms with E-state index in [2.05, 4.69) is 6.92 Å². The highest BCUT2D eigenvalue weighted by Gasteiger charge is 2.55. The van der Waals surface area contributed by atoms with Crippen LogP contribution in [0.5, 0.6) is 0 Å². The molecule has 1 heterocycles. The molecular weight excluding hydrogens is 284 g/mol. The fourth-order valence-electron chi connectivity index (χ4n) is 4.54. The van der Waals surface area contributed by atoms with Gasteiger partial charge in [0.15, 0.2) is 5.78 Å². The van der Waals surface area contributed by atoms with E-state index in [1.54, 1.807) is 0 Å². The average Bonchev–Trinajstić information content (AvgIpc) is 2.82. The molecule has 1 aliphatic heterocycles. The summed E-state index contributed by atoms with van der Waals surface area (Å²) in [6.45, 7) is 7.12. The number of Topliss-reactive ketones (excluding diaryl/α,β-unsaturated/α-hetero) is 1. The molecule has 3 aliphatic rings. The quantitative estimate of drug-likeness (QED) is 0.693. The standard InChI is InChI=1S/C17H22O5/c1-7-5-13-15(9(3)17(20)22-13)16(21-10(4)18)11-6-12(19)8(2)14(7)11/h7,9,11,13,15-16H,5-6H2,1-4H3/t7-,9-,11+,13-,15-,16-/m1/s1. The summed E-state index contributed by atoms with van der Waals surface area (Å²) in [6.07, 6.45) is 0.371. The van der Waals surface area contributed by atoms with Crippen molar-refractivity contribution in [1.82, 2.24) is 0 Å². The number of allylic oxidation sites excluding steroid dienone is 1. The molecule has 0 aromatic heterocycles. The highest BCUT2D eigenvalue weighted by atomic mass is 16.6. The number of fused-ring (bicyclic) bond motifs is 2. The molecule has 0 aromatic rings. The van der Waals surface area contributed by atoms with Gasteiger partial charge >= 0.3 is 11.9 Å². The van der Waals surface area contributed by atoms with Crippen LogP contribution in [0.25, 0.3) is 0 Å². The Labute approximate surface area is 130 Å². The second-order valence-corrected chi connectivity index (χ2v) is 6.87. The predicted molar refractivity (Wildman–Crippen MR) is 77.7 cm³/mol. The molecule has 0 unspecified atom stereocenters. The smallest absolute Gasteiger partial charge is 0.309 e. The third kappa shape index (κ3) is 2.18. The van der Waals surface area contributed by atoms with E-state index >= 15 is 0 Å². The first kappa shape index (κ1) is 15.3. The highest BCUT2D eigenvalue weighted by Crippen LogP contribution is 2.49. The molecule has 22 heavy (non-hydrogen) atoms. The van der Waals surface area contributed by atoms with Gasteiger partial charge in [-0.1, -0.05) is 19.4 Å². The van der Waals surface area contributed by atoms with Crippen molar-refractivity contribution >= 4 is 17.7 Å². The topological polar surface area (TPSA) is 69.7 Å². The summed E-state index contributed by atoms with van der Waals surface area (Å²) >= 11 is 0. The van der Waals surface area contributed by atoms with E-state index in [4.69, 9.17) is 9.47 Å². The molecule has 5 heteroatoms. The number of hydrogen-bond acceptors (Lipinski definition) is 5. The fourth-order valence-corrected chi connectivity index (χ4v) is 4.54. The van der Waals surface area contributed by atoms with E-state index < -0.39 is 6.10 Å². The van der Waals surface area contributed by atoms with E-state index in [-0.39, 0.29) is 47.5 Å². The second-order valence-electron chi connectivity index (χ2n) is 6.87. The van der Waals surface area contributed by atoms with Crippen molar-refractivity contribution in [2.24, 2.45) is 23.7 Å². The first-order valence-electron chi connectivity index (χ1n) is 7.92. The van der Waals surface area contributed by atoms with Crippen molar-refractivity contribution in [3.05, 3.63) is 11.1 Å². The lowest BCUT2D eigenvalue weighted by atomic mass is 9.80. The lowest BCUT2D eigenvalue weighted by Crippen LogP contribution is -2.39. The van der Waals surface area contributed by atoms with Gasteiger partial charge in [0.05, 0.1) is 5.92 Å². The van der Waals surface area contributed by atoms with Gasteiger partial charge in [-0.25, -0.2) is 0 Å². The van der Waals surface area contributed by atoms with E-state index in [9.17, 15) is 14.4 Å². The SMILES string of the molecule is CC(=O)O[C@H]1[C@H]2[C@@H](C[C@@H](C)C3=C(C)C(=O)C[C@@H]31)OC(=O)[C@@H]2C. The summed E-state index contributed by atoms with van der Waals surface area (Å²) < 4.78 is 11.1. The first-order valence-corrected chi connectivity index (χ1v) is 7.92. The molecule has 0 N–H and O–H groups in total. The van der Waals surface area contributed by atoms with Gasteiger partial charge in [0.2, 0.25) is 0 Å². The van der Waals surface area contributed by atoms with Crippen molar-refractivity contribution in [3.8, 4) is 0 Å². The Bertz CT molecular complexity index is 576. The van der Waals surface area contributed by atoms with E-state index in [1.807, 2.05) is 13.8 Å². The lowest BCUT2D eigenvalue weighted by molar-refractivity contribution is -0.154. The number of carbonyl (C=O) groups is 3. The van der Waals surface area contributed by atoms with Crippen LogP contribution in [0.4, 0.5) is 0 Å². The van der Waals surface area contributed by atoms with Crippen molar-refractivity contribution in [3.63, 3.8) is 0 Å². The molecule has 0 radical (unpaired) electrons. The monoisotopic (exact) mass is 306 g/mol. The second kappa shape index (κ2) is 5.21. The molecule has 120 valence electrons. The van der Waals surface area contributed by atoms with Crippen LogP contribution in [0, 0.1) is 23.7 Å². The van der Waals surface area contributed by atoms with Crippen LogP contribution >= 0.6 is 0 Å². The number of esters is 2. The number of rotatable bonds is 1. The van der Waals surface area contributed by atoms with Gasteiger partial charge in [-0.05, 0) is 24.8 Å². The molecule has 1 saturated carbocycles. The van der Waals surface area contributed by atoms with Crippen molar-refractivity contribution < 1.29 is 23.9 Å². The van der Waals surface area contributed by atoms with Crippen LogP contribution < -0.4 is 0 Å². The van der Waals surface area contributed by atoms with Crippen molar-refractivity contribution in [2.45, 2.75) is 52.7 Å². The summed E-state index contributed by atoms with van der Waals surface area (Å²) in [5, 5.41) is 0. The zero-order chi connectivity index (χ0) is 16.2. The van der Waals surface area contributed by atoms with Crippen LogP contribution in [0.1, 0.15) is 40.5 Å². The highest BCUT2D eigenvalue weighted by molar-refractivity contribution is 5.99. The lowest BCUT2D eigenvalue weighted by Gasteiger charge is -2.30. The summed E-state index contributed by atoms with van der Waals surface area (Å²) in [5.74, 6) is -0.910. The predicted octanol–water partition coefficient (Wildman–Crippen LogP) is 2.04. The molecule has 0 amide bonds.